The van der Waals surface area contributed by atoms with Gasteiger partial charge in [-0.15, -0.1) is 0 Å². The topological polar surface area (TPSA) is 73.2 Å². The summed E-state index contributed by atoms with van der Waals surface area (Å²) < 4.78 is 33.6. The first-order chi connectivity index (χ1) is 13.4. The molecule has 6 nitrogen and oxygen atoms in total. The lowest BCUT2D eigenvalue weighted by Gasteiger charge is -2.08. The fourth-order valence-electron chi connectivity index (χ4n) is 2.72. The zero-order valence-corrected chi connectivity index (χ0v) is 15.2. The number of aryl methyl sites for hydroxylation is 1. The molecule has 0 saturated heterocycles. The number of nitrogens with one attached hydrogen (secondary N) is 1. The maximum Gasteiger partial charge on any atom is 0.344 e. The number of carbonyl (C=O) groups is 2. The van der Waals surface area contributed by atoms with Gasteiger partial charge in [-0.1, -0.05) is 24.3 Å². The summed E-state index contributed by atoms with van der Waals surface area (Å²) in [5, 5.41) is 7.01. The fourth-order valence-corrected chi connectivity index (χ4v) is 2.72. The van der Waals surface area contributed by atoms with Gasteiger partial charge < -0.3 is 10.1 Å². The molecule has 2 aromatic carbocycles. The molecule has 1 N–H and O–H groups in total. The van der Waals surface area contributed by atoms with Crippen LogP contribution < -0.4 is 5.32 Å². The number of benzene rings is 2. The van der Waals surface area contributed by atoms with E-state index >= 15 is 0 Å². The lowest BCUT2D eigenvalue weighted by Crippen LogP contribution is -2.22. The third kappa shape index (κ3) is 3.90. The van der Waals surface area contributed by atoms with Crippen molar-refractivity contribution in [3.05, 3.63) is 77.1 Å². The van der Waals surface area contributed by atoms with Gasteiger partial charge in [-0.05, 0) is 38.1 Å². The molecule has 144 valence electrons. The predicted molar refractivity (Wildman–Crippen MR) is 98.3 cm³/mol. The van der Waals surface area contributed by atoms with Crippen LogP contribution in [-0.2, 0) is 9.53 Å². The van der Waals surface area contributed by atoms with Crippen LogP contribution in [0.5, 0.6) is 0 Å². The second kappa shape index (κ2) is 7.99. The van der Waals surface area contributed by atoms with E-state index in [0.29, 0.717) is 17.1 Å². The number of hydrogen-bond donors (Lipinski definition) is 1. The smallest absolute Gasteiger partial charge is 0.344 e. The molecule has 8 heteroatoms. The number of halogens is 2. The van der Waals surface area contributed by atoms with Crippen molar-refractivity contribution in [1.29, 1.82) is 0 Å². The molecule has 0 spiro atoms. The normalized spacial score (nSPS) is 10.6. The van der Waals surface area contributed by atoms with Crippen LogP contribution in [-0.4, -0.2) is 28.3 Å². The maximum atomic E-state index is 13.6. The van der Waals surface area contributed by atoms with E-state index in [9.17, 15) is 18.4 Å². The highest BCUT2D eigenvalue weighted by Gasteiger charge is 2.20. The standard InChI is InChI=1S/C20H17F2N3O3/c1-12-19(13(2)25(24-12)14-7-4-3-5-8-14)23-17(26)11-28-20(27)18-15(21)9-6-10-16(18)22/h3-10H,11H2,1-2H3,(H,23,26). The van der Waals surface area contributed by atoms with Crippen molar-refractivity contribution in [1.82, 2.24) is 9.78 Å². The largest absolute Gasteiger partial charge is 0.452 e. The van der Waals surface area contributed by atoms with Crippen molar-refractivity contribution in [3.63, 3.8) is 0 Å². The Morgan fingerprint density at radius 1 is 1.04 bits per heavy atom. The molecule has 0 atom stereocenters. The number of anilines is 1. The van der Waals surface area contributed by atoms with Crippen LogP contribution in [0.4, 0.5) is 14.5 Å². The van der Waals surface area contributed by atoms with Crippen molar-refractivity contribution in [2.45, 2.75) is 13.8 Å². The summed E-state index contributed by atoms with van der Waals surface area (Å²) in [5.41, 5.74) is 1.72. The van der Waals surface area contributed by atoms with Crippen molar-refractivity contribution < 1.29 is 23.1 Å². The van der Waals surface area contributed by atoms with Crippen molar-refractivity contribution in [3.8, 4) is 5.69 Å². The van der Waals surface area contributed by atoms with Crippen LogP contribution in [0.2, 0.25) is 0 Å². The highest BCUT2D eigenvalue weighted by molar-refractivity contribution is 5.96. The molecule has 1 heterocycles. The summed E-state index contributed by atoms with van der Waals surface area (Å²) in [7, 11) is 0. The van der Waals surface area contributed by atoms with Gasteiger partial charge in [-0.2, -0.15) is 5.10 Å². The van der Waals surface area contributed by atoms with Crippen LogP contribution in [0.15, 0.2) is 48.5 Å². The second-order valence-corrected chi connectivity index (χ2v) is 6.01. The van der Waals surface area contributed by atoms with Gasteiger partial charge in [0.1, 0.15) is 17.2 Å². The van der Waals surface area contributed by atoms with Gasteiger partial charge in [0.2, 0.25) is 0 Å². The highest BCUT2D eigenvalue weighted by Crippen LogP contribution is 2.22. The first-order valence-electron chi connectivity index (χ1n) is 8.41. The van der Waals surface area contributed by atoms with Crippen molar-refractivity contribution >= 4 is 17.6 Å². The Labute approximate surface area is 159 Å². The molecule has 0 unspecified atom stereocenters. The Balaban J connectivity index is 1.69. The molecule has 1 aromatic heterocycles. The number of hydrogen-bond acceptors (Lipinski definition) is 4. The van der Waals surface area contributed by atoms with E-state index < -0.39 is 35.7 Å². The fraction of sp³-hybridized carbons (Fsp3) is 0.150. The molecule has 0 aliphatic carbocycles. The molecular weight excluding hydrogens is 368 g/mol. The van der Waals surface area contributed by atoms with Crippen molar-refractivity contribution in [2.24, 2.45) is 0 Å². The van der Waals surface area contributed by atoms with Gasteiger partial charge in [0.05, 0.1) is 22.8 Å². The third-order valence-corrected chi connectivity index (χ3v) is 4.06. The monoisotopic (exact) mass is 385 g/mol. The lowest BCUT2D eigenvalue weighted by molar-refractivity contribution is -0.119. The van der Waals surface area contributed by atoms with Gasteiger partial charge >= 0.3 is 5.97 Å². The lowest BCUT2D eigenvalue weighted by atomic mass is 10.2. The van der Waals surface area contributed by atoms with E-state index in [4.69, 9.17) is 4.74 Å². The Morgan fingerprint density at radius 2 is 1.68 bits per heavy atom. The molecule has 0 saturated carbocycles. The van der Waals surface area contributed by atoms with E-state index in [1.165, 1.54) is 0 Å². The number of esters is 1. The molecule has 0 fully saturated rings. The summed E-state index contributed by atoms with van der Waals surface area (Å²) >= 11 is 0. The number of carbonyl (C=O) groups excluding carboxylic acids is 2. The quantitative estimate of drug-likeness (QED) is 0.682. The van der Waals surface area contributed by atoms with Gasteiger partial charge in [-0.3, -0.25) is 4.79 Å². The minimum Gasteiger partial charge on any atom is -0.452 e. The Morgan fingerprint density at radius 3 is 2.32 bits per heavy atom. The SMILES string of the molecule is Cc1nn(-c2ccccc2)c(C)c1NC(=O)COC(=O)c1c(F)cccc1F. The van der Waals surface area contributed by atoms with E-state index in [-0.39, 0.29) is 0 Å². The molecule has 0 bridgehead atoms. The number of nitrogens with zero attached hydrogens (tertiary/aromatic N) is 2. The first kappa shape index (κ1) is 19.2. The zero-order valence-electron chi connectivity index (χ0n) is 15.2. The summed E-state index contributed by atoms with van der Waals surface area (Å²) in [6.07, 6.45) is 0. The Kier molecular flexibility index (Phi) is 5.49. The molecule has 3 rings (SSSR count). The highest BCUT2D eigenvalue weighted by atomic mass is 19.1. The molecule has 0 radical (unpaired) electrons. The summed E-state index contributed by atoms with van der Waals surface area (Å²) in [6, 6.07) is 12.4. The molecule has 1 amide bonds. The summed E-state index contributed by atoms with van der Waals surface area (Å²) in [6.45, 7) is 2.81. The van der Waals surface area contributed by atoms with E-state index in [1.54, 1.807) is 18.5 Å². The maximum absolute atomic E-state index is 13.6. The van der Waals surface area contributed by atoms with Crippen LogP contribution in [0.3, 0.4) is 0 Å². The molecule has 28 heavy (non-hydrogen) atoms. The minimum atomic E-state index is -1.25. The Bertz CT molecular complexity index is 1010. The van der Waals surface area contributed by atoms with Crippen molar-refractivity contribution in [2.75, 3.05) is 11.9 Å². The minimum absolute atomic E-state index is 0.474. The first-order valence-corrected chi connectivity index (χ1v) is 8.41. The van der Waals surface area contributed by atoms with Gasteiger partial charge in [0.15, 0.2) is 6.61 Å². The molecular formula is C20H17F2N3O3. The summed E-state index contributed by atoms with van der Waals surface area (Å²) in [5.74, 6) is -4.01. The van der Waals surface area contributed by atoms with Gasteiger partial charge in [0, 0.05) is 0 Å². The number of ether oxygens (including phenoxy) is 1. The number of aromatic nitrogens is 2. The molecule has 3 aromatic rings. The summed E-state index contributed by atoms with van der Waals surface area (Å²) in [4.78, 5) is 24.0. The molecule has 0 aliphatic rings. The third-order valence-electron chi connectivity index (χ3n) is 4.06. The van der Waals surface area contributed by atoms with Gasteiger partial charge in [0.25, 0.3) is 5.91 Å². The Hall–Kier alpha value is -3.55. The van der Waals surface area contributed by atoms with E-state index in [1.807, 2.05) is 30.3 Å². The van der Waals surface area contributed by atoms with Gasteiger partial charge in [-0.25, -0.2) is 18.3 Å². The van der Waals surface area contributed by atoms with Crippen LogP contribution >= 0.6 is 0 Å². The van der Waals surface area contributed by atoms with Crippen LogP contribution in [0.25, 0.3) is 5.69 Å². The number of rotatable bonds is 5. The predicted octanol–water partition coefficient (Wildman–Crippen LogP) is 3.56. The second-order valence-electron chi connectivity index (χ2n) is 6.01. The van der Waals surface area contributed by atoms with Crippen LogP contribution in [0, 0.1) is 25.5 Å². The number of amides is 1. The zero-order chi connectivity index (χ0) is 20.3. The van der Waals surface area contributed by atoms with E-state index in [2.05, 4.69) is 10.4 Å². The average Bonchev–Trinajstić information content (AvgIpc) is 2.95. The van der Waals surface area contributed by atoms with E-state index in [0.717, 1.165) is 23.9 Å². The molecule has 0 aliphatic heterocycles. The number of para-hydroxylation sites is 1. The average molecular weight is 385 g/mol. The van der Waals surface area contributed by atoms with Crippen LogP contribution in [0.1, 0.15) is 21.7 Å².